The normalized spacial score (nSPS) is 9.22. The van der Waals surface area contributed by atoms with Crippen molar-refractivity contribution in [2.45, 2.75) is 0 Å². The molecule has 4 nitrogen and oxygen atoms in total. The van der Waals surface area contributed by atoms with E-state index in [9.17, 15) is 4.39 Å². The fourth-order valence-corrected chi connectivity index (χ4v) is 0. The number of halogens is 1. The lowest BCUT2D eigenvalue weighted by Crippen LogP contribution is -1.89. The monoisotopic (exact) mass is 158 g/mol. The van der Waals surface area contributed by atoms with Crippen molar-refractivity contribution < 1.29 is 21.9 Å². The number of alkyl halides is 1. The summed E-state index contributed by atoms with van der Waals surface area (Å²) >= 11 is 0. The number of hydrogen-bond donors (Lipinski definition) is 2. The van der Waals surface area contributed by atoms with E-state index < -0.39 is 17.1 Å². The molecular formula is C3H7FO4S. The second kappa shape index (κ2) is 5.67. The molecule has 2 N–H and O–H groups in total. The van der Waals surface area contributed by atoms with E-state index in [0.717, 1.165) is 0 Å². The van der Waals surface area contributed by atoms with Gasteiger partial charge in [0.15, 0.2) is 0 Å². The molecule has 9 heavy (non-hydrogen) atoms. The highest BCUT2D eigenvalue weighted by atomic mass is 32.3. The Hall–Kier alpha value is -0.460. The standard InChI is InChI=1S/C3H5F.H2O4S/c1-2-3-4;1-5(2,3)4/h2H,1,3H2;(H2,1,2,3,4). The maximum atomic E-state index is 10.6. The van der Waals surface area contributed by atoms with Gasteiger partial charge in [0, 0.05) is 0 Å². The van der Waals surface area contributed by atoms with E-state index in [4.69, 9.17) is 17.5 Å². The van der Waals surface area contributed by atoms with Crippen LogP contribution in [-0.4, -0.2) is 24.2 Å². The van der Waals surface area contributed by atoms with Gasteiger partial charge in [0.2, 0.25) is 0 Å². The van der Waals surface area contributed by atoms with Crippen molar-refractivity contribution in [1.29, 1.82) is 0 Å². The molecule has 0 rings (SSSR count). The smallest absolute Gasteiger partial charge is 0.264 e. The largest absolute Gasteiger partial charge is 0.394 e. The van der Waals surface area contributed by atoms with Crippen LogP contribution in [0.1, 0.15) is 0 Å². The van der Waals surface area contributed by atoms with E-state index in [1.807, 2.05) is 0 Å². The molecule has 0 aliphatic rings. The second-order valence-electron chi connectivity index (χ2n) is 0.891. The van der Waals surface area contributed by atoms with Gasteiger partial charge in [0.1, 0.15) is 6.67 Å². The van der Waals surface area contributed by atoms with Crippen LogP contribution in [0.15, 0.2) is 12.7 Å². The highest BCUT2D eigenvalue weighted by molar-refractivity contribution is 7.79. The summed E-state index contributed by atoms with van der Waals surface area (Å²) < 4.78 is 42.2. The van der Waals surface area contributed by atoms with E-state index in [0.29, 0.717) is 0 Å². The first kappa shape index (κ1) is 11.4. The summed E-state index contributed by atoms with van der Waals surface area (Å²) in [6, 6.07) is 0. The van der Waals surface area contributed by atoms with Gasteiger partial charge in [-0.2, -0.15) is 8.42 Å². The molecule has 0 saturated heterocycles. The molecule has 0 aromatic heterocycles. The van der Waals surface area contributed by atoms with E-state index in [2.05, 4.69) is 6.58 Å². The van der Waals surface area contributed by atoms with Crippen LogP contribution in [0.4, 0.5) is 4.39 Å². The molecule has 0 aliphatic heterocycles. The first-order valence-corrected chi connectivity index (χ1v) is 3.18. The molecule has 0 unspecified atom stereocenters. The third-order valence-corrected chi connectivity index (χ3v) is 0.109. The molecule has 0 amide bonds. The van der Waals surface area contributed by atoms with Crippen molar-refractivity contribution in [2.24, 2.45) is 0 Å². The van der Waals surface area contributed by atoms with Gasteiger partial charge in [-0.05, 0) is 0 Å². The van der Waals surface area contributed by atoms with Gasteiger partial charge < -0.3 is 0 Å². The first-order valence-electron chi connectivity index (χ1n) is 1.78. The van der Waals surface area contributed by atoms with Gasteiger partial charge in [-0.25, -0.2) is 4.39 Å². The van der Waals surface area contributed by atoms with E-state index >= 15 is 0 Å². The Kier molecular flexibility index (Phi) is 7.15. The van der Waals surface area contributed by atoms with Crippen LogP contribution < -0.4 is 0 Å². The summed E-state index contributed by atoms with van der Waals surface area (Å²) in [5.74, 6) is 0. The number of allylic oxidation sites excluding steroid dienone is 1. The Morgan fingerprint density at radius 3 is 1.67 bits per heavy atom. The average Bonchev–Trinajstić information content (AvgIpc) is 1.61. The Bertz CT molecular complexity index is 141. The molecule has 0 aliphatic carbocycles. The Labute approximate surface area is 52.6 Å². The zero-order valence-electron chi connectivity index (χ0n) is 4.49. The quantitative estimate of drug-likeness (QED) is 0.430. The van der Waals surface area contributed by atoms with Crippen LogP contribution in [0.3, 0.4) is 0 Å². The molecule has 6 heteroatoms. The molecule has 0 bridgehead atoms. The SMILES string of the molecule is C=CCF.O=S(=O)(O)O. The average molecular weight is 158 g/mol. The Morgan fingerprint density at radius 2 is 1.67 bits per heavy atom. The van der Waals surface area contributed by atoms with Crippen molar-refractivity contribution >= 4 is 10.4 Å². The highest BCUT2D eigenvalue weighted by Gasteiger charge is 1.84. The minimum Gasteiger partial charge on any atom is -0.264 e. The summed E-state index contributed by atoms with van der Waals surface area (Å²) in [6.45, 7) is 2.69. The molecule has 0 saturated carbocycles. The van der Waals surface area contributed by atoms with Gasteiger partial charge in [-0.3, -0.25) is 9.11 Å². The second-order valence-corrected chi connectivity index (χ2v) is 1.79. The van der Waals surface area contributed by atoms with Crippen molar-refractivity contribution in [3.05, 3.63) is 12.7 Å². The van der Waals surface area contributed by atoms with Crippen molar-refractivity contribution in [2.75, 3.05) is 6.67 Å². The molecule has 0 fully saturated rings. The third-order valence-electron chi connectivity index (χ3n) is 0.109. The highest BCUT2D eigenvalue weighted by Crippen LogP contribution is 1.59. The third kappa shape index (κ3) is 794. The minimum atomic E-state index is -4.67. The first-order chi connectivity index (χ1) is 3.91. The van der Waals surface area contributed by atoms with Crippen LogP contribution in [0.25, 0.3) is 0 Å². The van der Waals surface area contributed by atoms with E-state index in [-0.39, 0.29) is 0 Å². The van der Waals surface area contributed by atoms with Gasteiger partial charge in [-0.1, -0.05) is 6.08 Å². The Balaban J connectivity index is 0. The molecule has 0 radical (unpaired) electrons. The lowest BCUT2D eigenvalue weighted by atomic mass is 10.7. The van der Waals surface area contributed by atoms with Crippen LogP contribution in [0, 0.1) is 0 Å². The predicted octanol–water partition coefficient (Wildman–Crippen LogP) is 0.489. The fourth-order valence-electron chi connectivity index (χ4n) is 0. The molecule has 56 valence electrons. The zero-order valence-corrected chi connectivity index (χ0v) is 5.31. The van der Waals surface area contributed by atoms with Crippen LogP contribution in [0.5, 0.6) is 0 Å². The van der Waals surface area contributed by atoms with Gasteiger partial charge in [0.05, 0.1) is 0 Å². The Morgan fingerprint density at radius 1 is 1.56 bits per heavy atom. The summed E-state index contributed by atoms with van der Waals surface area (Å²) in [5.41, 5.74) is 0. The lowest BCUT2D eigenvalue weighted by molar-refractivity contribution is 0.381. The molecule has 0 aromatic rings. The number of hydrogen-bond acceptors (Lipinski definition) is 2. The van der Waals surface area contributed by atoms with E-state index in [1.165, 1.54) is 6.08 Å². The number of rotatable bonds is 1. The van der Waals surface area contributed by atoms with Crippen LogP contribution in [-0.2, 0) is 10.4 Å². The molecule has 0 aromatic carbocycles. The topological polar surface area (TPSA) is 74.6 Å². The van der Waals surface area contributed by atoms with Crippen molar-refractivity contribution in [3.63, 3.8) is 0 Å². The maximum absolute atomic E-state index is 10.6. The summed E-state index contributed by atoms with van der Waals surface area (Å²) in [4.78, 5) is 0. The minimum absolute atomic E-state index is 0.417. The van der Waals surface area contributed by atoms with Gasteiger partial charge >= 0.3 is 10.4 Å². The summed E-state index contributed by atoms with van der Waals surface area (Å²) in [7, 11) is -4.67. The van der Waals surface area contributed by atoms with E-state index in [1.54, 1.807) is 0 Å². The van der Waals surface area contributed by atoms with Crippen LogP contribution in [0.2, 0.25) is 0 Å². The lowest BCUT2D eigenvalue weighted by Gasteiger charge is -1.68. The van der Waals surface area contributed by atoms with Gasteiger partial charge in [-0.15, -0.1) is 6.58 Å². The maximum Gasteiger partial charge on any atom is 0.394 e. The van der Waals surface area contributed by atoms with Gasteiger partial charge in [0.25, 0.3) is 0 Å². The molecule has 0 spiro atoms. The summed E-state index contributed by atoms with van der Waals surface area (Å²) in [6.07, 6.45) is 1.21. The van der Waals surface area contributed by atoms with Crippen molar-refractivity contribution in [3.8, 4) is 0 Å². The predicted molar refractivity (Wildman–Crippen MR) is 30.3 cm³/mol. The molecule has 0 atom stereocenters. The fraction of sp³-hybridized carbons (Fsp3) is 0.333. The zero-order chi connectivity index (χ0) is 7.91. The van der Waals surface area contributed by atoms with Crippen molar-refractivity contribution in [1.82, 2.24) is 0 Å². The van der Waals surface area contributed by atoms with Crippen LogP contribution >= 0.6 is 0 Å². The molecule has 0 heterocycles. The molecular weight excluding hydrogens is 151 g/mol. The summed E-state index contributed by atoms with van der Waals surface area (Å²) in [5, 5.41) is 0.